The number of anilines is 1. The number of oxazole rings is 1. The van der Waals surface area contributed by atoms with E-state index in [4.69, 9.17) is 21.0 Å². The number of carbonyl (C=O) groups is 1. The Bertz CT molecular complexity index is 1160. The lowest BCUT2D eigenvalue weighted by Crippen LogP contribution is -2.16. The first-order valence-electron chi connectivity index (χ1n) is 11.3. The molecule has 2 aromatic heterocycles. The van der Waals surface area contributed by atoms with Crippen LogP contribution in [0.15, 0.2) is 31.7 Å². The van der Waals surface area contributed by atoms with E-state index in [0.29, 0.717) is 20.7 Å². The third kappa shape index (κ3) is 6.65. The second kappa shape index (κ2) is 11.6. The van der Waals surface area contributed by atoms with Crippen LogP contribution in [0, 0.1) is 13.8 Å². The molecular formula is C25H32ClN3O2S3. The Balaban J connectivity index is 1.83. The summed E-state index contributed by atoms with van der Waals surface area (Å²) in [7, 11) is 0. The van der Waals surface area contributed by atoms with Gasteiger partial charge in [0.15, 0.2) is 5.58 Å². The number of carbonyl (C=O) groups excluding carboxylic acids is 1. The van der Waals surface area contributed by atoms with Crippen LogP contribution in [-0.2, 0) is 4.79 Å². The average Bonchev–Trinajstić information content (AvgIpc) is 3.15. The second-order valence-corrected chi connectivity index (χ2v) is 13.5. The molecule has 5 nitrogen and oxygen atoms in total. The predicted molar refractivity (Wildman–Crippen MR) is 148 cm³/mol. The number of hydrogen-bond acceptors (Lipinski definition) is 7. The summed E-state index contributed by atoms with van der Waals surface area (Å²) >= 11 is 11.1. The maximum Gasteiger partial charge on any atom is 0.257 e. The summed E-state index contributed by atoms with van der Waals surface area (Å²) in [6.07, 6.45) is 0. The number of halogens is 1. The van der Waals surface area contributed by atoms with Crippen LogP contribution in [0.3, 0.4) is 0 Å². The molecule has 0 saturated carbocycles. The maximum atomic E-state index is 13.0. The van der Waals surface area contributed by atoms with Crippen molar-refractivity contribution in [2.45, 2.75) is 87.0 Å². The van der Waals surface area contributed by atoms with Crippen molar-refractivity contribution in [2.24, 2.45) is 0 Å². The minimum Gasteiger partial charge on any atom is -0.431 e. The van der Waals surface area contributed by atoms with Crippen LogP contribution >= 0.6 is 46.9 Å². The number of benzene rings is 1. The number of fused-ring (bicyclic) bond motifs is 1. The van der Waals surface area contributed by atoms with Gasteiger partial charge in [-0.25, -0.2) is 9.97 Å². The van der Waals surface area contributed by atoms with Gasteiger partial charge in [-0.05, 0) is 37.5 Å². The number of aryl methyl sites for hydroxylation is 2. The number of aromatic nitrogens is 2. The molecule has 0 unspecified atom stereocenters. The van der Waals surface area contributed by atoms with Crippen molar-refractivity contribution in [1.29, 1.82) is 0 Å². The van der Waals surface area contributed by atoms with Crippen molar-refractivity contribution in [2.75, 3.05) is 11.1 Å². The van der Waals surface area contributed by atoms with Gasteiger partial charge in [0, 0.05) is 31.7 Å². The van der Waals surface area contributed by atoms with Crippen molar-refractivity contribution >= 4 is 69.6 Å². The SMILES string of the molecule is Cc1cc(SC(C)C)c(NC(=O)CSc2nc3c(C)c(Cl)cc(C(C)C)c3o2)c(SC(C)C)n1. The molecule has 0 fully saturated rings. The molecule has 0 spiro atoms. The van der Waals surface area contributed by atoms with Crippen molar-refractivity contribution in [3.8, 4) is 0 Å². The van der Waals surface area contributed by atoms with E-state index in [1.807, 2.05) is 26.0 Å². The van der Waals surface area contributed by atoms with E-state index in [9.17, 15) is 4.79 Å². The van der Waals surface area contributed by atoms with E-state index in [0.717, 1.165) is 43.5 Å². The third-order valence-electron chi connectivity index (χ3n) is 4.87. The Morgan fingerprint density at radius 2 is 1.74 bits per heavy atom. The van der Waals surface area contributed by atoms with Crippen LogP contribution < -0.4 is 5.32 Å². The van der Waals surface area contributed by atoms with Crippen LogP contribution in [0.25, 0.3) is 11.1 Å². The summed E-state index contributed by atoms with van der Waals surface area (Å²) in [4.78, 5) is 23.4. The van der Waals surface area contributed by atoms with E-state index in [1.165, 1.54) is 11.8 Å². The normalized spacial score (nSPS) is 11.9. The summed E-state index contributed by atoms with van der Waals surface area (Å²) in [5, 5.41) is 5.84. The van der Waals surface area contributed by atoms with E-state index in [1.54, 1.807) is 23.5 Å². The van der Waals surface area contributed by atoms with E-state index < -0.39 is 0 Å². The average molecular weight is 538 g/mol. The van der Waals surface area contributed by atoms with Gasteiger partial charge in [0.2, 0.25) is 5.91 Å². The minimum absolute atomic E-state index is 0.118. The number of pyridine rings is 1. The molecule has 34 heavy (non-hydrogen) atoms. The van der Waals surface area contributed by atoms with Crippen molar-refractivity contribution in [1.82, 2.24) is 9.97 Å². The fourth-order valence-corrected chi connectivity index (χ4v) is 6.18. The standard InChI is InChI=1S/C25H32ClN3O2S3/c1-12(2)17-10-18(26)16(8)21-23(17)31-25(29-21)32-11-20(30)28-22-19(33-13(3)4)9-15(7)27-24(22)34-14(5)6/h9-10,12-14H,11H2,1-8H3,(H,28,30). The second-order valence-electron chi connectivity index (χ2n) is 9.00. The molecule has 0 aliphatic carbocycles. The number of thioether (sulfide) groups is 3. The molecule has 1 N–H and O–H groups in total. The maximum absolute atomic E-state index is 13.0. The van der Waals surface area contributed by atoms with E-state index >= 15 is 0 Å². The Morgan fingerprint density at radius 3 is 2.35 bits per heavy atom. The lowest BCUT2D eigenvalue weighted by atomic mass is 10.0. The summed E-state index contributed by atoms with van der Waals surface area (Å²) in [6, 6.07) is 3.99. The number of amides is 1. The summed E-state index contributed by atoms with van der Waals surface area (Å²) in [6.45, 7) is 16.6. The molecule has 0 saturated heterocycles. The molecule has 0 aliphatic rings. The highest BCUT2D eigenvalue weighted by molar-refractivity contribution is 8.01. The first kappa shape index (κ1) is 27.2. The van der Waals surface area contributed by atoms with Gasteiger partial charge in [0.25, 0.3) is 5.22 Å². The zero-order valence-corrected chi connectivity index (χ0v) is 24.1. The molecule has 3 aromatic rings. The number of nitrogens with zero attached hydrogens (tertiary/aromatic N) is 2. The third-order valence-corrected chi connectivity index (χ3v) is 8.12. The fourth-order valence-electron chi connectivity index (χ4n) is 3.35. The largest absolute Gasteiger partial charge is 0.431 e. The van der Waals surface area contributed by atoms with Crippen LogP contribution in [0.5, 0.6) is 0 Å². The highest BCUT2D eigenvalue weighted by Gasteiger charge is 2.20. The van der Waals surface area contributed by atoms with Crippen molar-refractivity contribution in [3.63, 3.8) is 0 Å². The first-order chi connectivity index (χ1) is 16.0. The van der Waals surface area contributed by atoms with Gasteiger partial charge in [0.05, 0.1) is 11.4 Å². The summed E-state index contributed by atoms with van der Waals surface area (Å²) in [5.74, 6) is 0.313. The monoisotopic (exact) mass is 537 g/mol. The fraction of sp³-hybridized carbons (Fsp3) is 0.480. The van der Waals surface area contributed by atoms with Gasteiger partial charge in [-0.3, -0.25) is 4.79 Å². The number of rotatable bonds is 9. The van der Waals surface area contributed by atoms with Gasteiger partial charge in [-0.15, -0.1) is 23.5 Å². The molecular weight excluding hydrogens is 506 g/mol. The highest BCUT2D eigenvalue weighted by atomic mass is 35.5. The smallest absolute Gasteiger partial charge is 0.257 e. The number of nitrogens with one attached hydrogen (secondary N) is 1. The first-order valence-corrected chi connectivity index (χ1v) is 14.5. The Labute approximate surface area is 220 Å². The van der Waals surface area contributed by atoms with E-state index in [-0.39, 0.29) is 17.6 Å². The number of hydrogen-bond donors (Lipinski definition) is 1. The minimum atomic E-state index is -0.118. The lowest BCUT2D eigenvalue weighted by Gasteiger charge is -2.17. The summed E-state index contributed by atoms with van der Waals surface area (Å²) < 4.78 is 6.06. The van der Waals surface area contributed by atoms with Crippen LogP contribution in [-0.4, -0.2) is 32.1 Å². The molecule has 0 atom stereocenters. The van der Waals surface area contributed by atoms with Gasteiger partial charge in [-0.1, -0.05) is 64.9 Å². The van der Waals surface area contributed by atoms with Gasteiger partial charge < -0.3 is 9.73 Å². The predicted octanol–water partition coefficient (Wildman–Crippen LogP) is 8.35. The molecule has 1 amide bonds. The molecule has 1 aromatic carbocycles. The van der Waals surface area contributed by atoms with Crippen LogP contribution in [0.1, 0.15) is 64.3 Å². The molecule has 3 rings (SSSR count). The van der Waals surface area contributed by atoms with Gasteiger partial charge in [-0.2, -0.15) is 0 Å². The lowest BCUT2D eigenvalue weighted by molar-refractivity contribution is -0.113. The Hall–Kier alpha value is -1.35. The quantitative estimate of drug-likeness (QED) is 0.275. The molecule has 184 valence electrons. The molecule has 0 radical (unpaired) electrons. The van der Waals surface area contributed by atoms with Crippen molar-refractivity contribution < 1.29 is 9.21 Å². The molecule has 9 heteroatoms. The molecule has 0 bridgehead atoms. The highest BCUT2D eigenvalue weighted by Crippen LogP contribution is 2.39. The zero-order valence-electron chi connectivity index (χ0n) is 20.9. The van der Waals surface area contributed by atoms with Crippen LogP contribution in [0.2, 0.25) is 5.02 Å². The summed E-state index contributed by atoms with van der Waals surface area (Å²) in [5.41, 5.74) is 5.14. The van der Waals surface area contributed by atoms with Crippen LogP contribution in [0.4, 0.5) is 5.69 Å². The zero-order chi connectivity index (χ0) is 25.2. The topological polar surface area (TPSA) is 68.0 Å². The molecule has 0 aliphatic heterocycles. The van der Waals surface area contributed by atoms with Gasteiger partial charge in [0.1, 0.15) is 10.5 Å². The Morgan fingerprint density at radius 1 is 1.06 bits per heavy atom. The Kier molecular flexibility index (Phi) is 9.29. The van der Waals surface area contributed by atoms with Gasteiger partial charge >= 0.3 is 0 Å². The van der Waals surface area contributed by atoms with E-state index in [2.05, 4.69) is 51.8 Å². The molecule has 2 heterocycles. The van der Waals surface area contributed by atoms with Crippen molar-refractivity contribution in [3.05, 3.63) is 34.0 Å².